The molecule has 0 amide bonds. The van der Waals surface area contributed by atoms with Crippen molar-refractivity contribution in [2.75, 3.05) is 0 Å². The summed E-state index contributed by atoms with van der Waals surface area (Å²) in [6.07, 6.45) is 4.56. The molecule has 62 valence electrons. The minimum atomic E-state index is -0.116. The van der Waals surface area contributed by atoms with Crippen LogP contribution in [0.2, 0.25) is 0 Å². The summed E-state index contributed by atoms with van der Waals surface area (Å²) in [7, 11) is 0. The van der Waals surface area contributed by atoms with Crippen LogP contribution in [0, 0.1) is 0 Å². The van der Waals surface area contributed by atoms with E-state index in [-0.39, 0.29) is 5.56 Å². The van der Waals surface area contributed by atoms with Crippen LogP contribution in [-0.2, 0) is 0 Å². The van der Waals surface area contributed by atoms with Crippen molar-refractivity contribution in [2.24, 2.45) is 0 Å². The topological polar surface area (TPSA) is 58.6 Å². The fraction of sp³-hybridized carbons (Fsp3) is 0. The summed E-state index contributed by atoms with van der Waals surface area (Å²) in [5, 5.41) is 1.93. The van der Waals surface area contributed by atoms with Gasteiger partial charge in [-0.25, -0.2) is 4.98 Å². The Balaban J connectivity index is 0.000000127. The zero-order valence-corrected chi connectivity index (χ0v) is 6.99. The van der Waals surface area contributed by atoms with Gasteiger partial charge < -0.3 is 4.98 Å². The Kier molecular flexibility index (Phi) is 3.73. The van der Waals surface area contributed by atoms with Crippen molar-refractivity contribution >= 4 is 11.3 Å². The lowest BCUT2D eigenvalue weighted by Gasteiger charge is -1.73. The van der Waals surface area contributed by atoms with Gasteiger partial charge in [0, 0.05) is 23.8 Å². The summed E-state index contributed by atoms with van der Waals surface area (Å²) in [6, 6.07) is 1.36. The van der Waals surface area contributed by atoms with Crippen LogP contribution in [0.3, 0.4) is 0 Å². The molecule has 4 nitrogen and oxygen atoms in total. The Morgan fingerprint density at radius 1 is 1.33 bits per heavy atom. The number of H-pyrrole nitrogens is 1. The van der Waals surface area contributed by atoms with E-state index in [0.717, 1.165) is 0 Å². The van der Waals surface area contributed by atoms with E-state index in [9.17, 15) is 4.79 Å². The standard InChI is InChI=1S/C4H4N2O.C3H3NS/c7-4-1-2-5-3-6-4;1-2-5-3-4-1/h1-3H,(H,5,6,7);1-3H. The number of nitrogens with zero attached hydrogens (tertiary/aromatic N) is 2. The van der Waals surface area contributed by atoms with Gasteiger partial charge in [-0.05, 0) is 0 Å². The van der Waals surface area contributed by atoms with Crippen LogP contribution < -0.4 is 5.56 Å². The fourth-order valence-electron chi connectivity index (χ4n) is 0.478. The molecule has 2 aromatic rings. The highest BCUT2D eigenvalue weighted by atomic mass is 32.1. The first-order chi connectivity index (χ1) is 5.89. The maximum Gasteiger partial charge on any atom is 0.250 e. The zero-order valence-electron chi connectivity index (χ0n) is 6.18. The van der Waals surface area contributed by atoms with Crippen molar-refractivity contribution < 1.29 is 0 Å². The number of aromatic amines is 1. The molecular weight excluding hydrogens is 174 g/mol. The van der Waals surface area contributed by atoms with Crippen molar-refractivity contribution in [3.05, 3.63) is 46.0 Å². The minimum Gasteiger partial charge on any atom is -0.313 e. The van der Waals surface area contributed by atoms with Gasteiger partial charge >= 0.3 is 0 Å². The monoisotopic (exact) mass is 181 g/mol. The average Bonchev–Trinajstić information content (AvgIpc) is 2.62. The third kappa shape index (κ3) is 3.62. The van der Waals surface area contributed by atoms with Crippen molar-refractivity contribution in [2.45, 2.75) is 0 Å². The summed E-state index contributed by atoms with van der Waals surface area (Å²) in [6.45, 7) is 0. The number of hydrogen-bond acceptors (Lipinski definition) is 4. The zero-order chi connectivity index (χ0) is 8.65. The Hall–Kier alpha value is -1.49. The van der Waals surface area contributed by atoms with Crippen LogP contribution in [-0.4, -0.2) is 15.0 Å². The molecule has 2 rings (SSSR count). The maximum atomic E-state index is 10.2. The molecule has 0 aliphatic carbocycles. The van der Waals surface area contributed by atoms with E-state index in [1.165, 1.54) is 18.6 Å². The lowest BCUT2D eigenvalue weighted by atomic mass is 10.7. The molecule has 2 heterocycles. The summed E-state index contributed by atoms with van der Waals surface area (Å²) in [5.74, 6) is 0. The Morgan fingerprint density at radius 3 is 2.50 bits per heavy atom. The molecule has 0 unspecified atom stereocenters. The van der Waals surface area contributed by atoms with Crippen LogP contribution >= 0.6 is 11.3 Å². The van der Waals surface area contributed by atoms with Gasteiger partial charge in [0.2, 0.25) is 0 Å². The van der Waals surface area contributed by atoms with Crippen molar-refractivity contribution in [3.63, 3.8) is 0 Å². The van der Waals surface area contributed by atoms with E-state index in [2.05, 4.69) is 15.0 Å². The summed E-state index contributed by atoms with van der Waals surface area (Å²) in [4.78, 5) is 19.9. The number of nitrogens with one attached hydrogen (secondary N) is 1. The molecule has 1 N–H and O–H groups in total. The molecule has 0 aliphatic heterocycles. The molecule has 0 saturated carbocycles. The summed E-state index contributed by atoms with van der Waals surface area (Å²) >= 11 is 1.60. The third-order valence-electron chi connectivity index (χ3n) is 0.941. The molecule has 0 aromatic carbocycles. The predicted octanol–water partition coefficient (Wildman–Crippen LogP) is 0.913. The first-order valence-electron chi connectivity index (χ1n) is 3.20. The molecule has 5 heteroatoms. The number of rotatable bonds is 0. The number of thiazole rings is 1. The van der Waals surface area contributed by atoms with Gasteiger partial charge in [0.05, 0.1) is 11.8 Å². The second-order valence-corrected chi connectivity index (χ2v) is 2.53. The molecule has 0 bridgehead atoms. The van der Waals surface area contributed by atoms with E-state index in [1.807, 2.05) is 5.38 Å². The molecule has 0 radical (unpaired) electrons. The SMILES string of the molecule is O=c1ccnc[nH]1.c1cscn1. The molecule has 12 heavy (non-hydrogen) atoms. The number of hydrogen-bond donors (Lipinski definition) is 1. The maximum absolute atomic E-state index is 10.2. The third-order valence-corrected chi connectivity index (χ3v) is 1.46. The minimum absolute atomic E-state index is 0.116. The predicted molar refractivity (Wildman–Crippen MR) is 47.0 cm³/mol. The quantitative estimate of drug-likeness (QED) is 0.657. The van der Waals surface area contributed by atoms with Crippen molar-refractivity contribution in [1.29, 1.82) is 0 Å². The lowest BCUT2D eigenvalue weighted by Crippen LogP contribution is -2.00. The lowest BCUT2D eigenvalue weighted by molar-refractivity contribution is 1.12. The normalized spacial score (nSPS) is 8.33. The van der Waals surface area contributed by atoms with Gasteiger partial charge in [0.1, 0.15) is 0 Å². The molecule has 2 aromatic heterocycles. The van der Waals surface area contributed by atoms with Gasteiger partial charge in [-0.2, -0.15) is 0 Å². The van der Waals surface area contributed by atoms with Crippen molar-refractivity contribution in [1.82, 2.24) is 15.0 Å². The smallest absolute Gasteiger partial charge is 0.250 e. The molecule has 0 fully saturated rings. The highest BCUT2D eigenvalue weighted by molar-refractivity contribution is 7.07. The summed E-state index contributed by atoms with van der Waals surface area (Å²) < 4.78 is 0. The first kappa shape index (κ1) is 8.61. The fourth-order valence-corrected chi connectivity index (χ4v) is 0.830. The van der Waals surface area contributed by atoms with E-state index >= 15 is 0 Å². The summed E-state index contributed by atoms with van der Waals surface area (Å²) in [5.41, 5.74) is 1.68. The number of aromatic nitrogens is 3. The van der Waals surface area contributed by atoms with Crippen LogP contribution in [0.4, 0.5) is 0 Å². The van der Waals surface area contributed by atoms with Crippen molar-refractivity contribution in [3.8, 4) is 0 Å². The van der Waals surface area contributed by atoms with E-state index in [0.29, 0.717) is 0 Å². The highest BCUT2D eigenvalue weighted by Crippen LogP contribution is 1.85. The molecule has 0 aliphatic rings. The van der Waals surface area contributed by atoms with E-state index < -0.39 is 0 Å². The van der Waals surface area contributed by atoms with Gasteiger partial charge in [0.25, 0.3) is 5.56 Å². The molecule has 0 atom stereocenters. The second-order valence-electron chi connectivity index (χ2n) is 1.78. The second kappa shape index (κ2) is 5.20. The van der Waals surface area contributed by atoms with Crippen LogP contribution in [0.1, 0.15) is 0 Å². The Bertz CT molecular complexity index is 309. The van der Waals surface area contributed by atoms with Crippen LogP contribution in [0.15, 0.2) is 40.5 Å². The highest BCUT2D eigenvalue weighted by Gasteiger charge is 1.70. The van der Waals surface area contributed by atoms with Crippen LogP contribution in [0.25, 0.3) is 0 Å². The molecular formula is C7H7N3OS. The Labute approximate surface area is 73.0 Å². The van der Waals surface area contributed by atoms with E-state index in [1.54, 1.807) is 23.0 Å². The van der Waals surface area contributed by atoms with Gasteiger partial charge in [-0.1, -0.05) is 0 Å². The molecule has 0 saturated heterocycles. The first-order valence-corrected chi connectivity index (χ1v) is 4.15. The average molecular weight is 181 g/mol. The largest absolute Gasteiger partial charge is 0.313 e. The Morgan fingerprint density at radius 2 is 2.25 bits per heavy atom. The van der Waals surface area contributed by atoms with Gasteiger partial charge in [-0.15, -0.1) is 11.3 Å². The van der Waals surface area contributed by atoms with Gasteiger partial charge in [0.15, 0.2) is 0 Å². The molecule has 0 spiro atoms. The van der Waals surface area contributed by atoms with E-state index in [4.69, 9.17) is 0 Å². The van der Waals surface area contributed by atoms with Crippen LogP contribution in [0.5, 0.6) is 0 Å². The van der Waals surface area contributed by atoms with Gasteiger partial charge in [-0.3, -0.25) is 9.78 Å².